The minimum atomic E-state index is 0.242. The number of halogens is 1. The SMILES string of the molecule is CCN(CC)c1nc(Cl)nc(NC2CCN(Cc3ccccc3)CC2)n1. The number of hydrogen-bond donors (Lipinski definition) is 1. The van der Waals surface area contributed by atoms with E-state index in [0.717, 1.165) is 45.6 Å². The first-order valence-corrected chi connectivity index (χ1v) is 9.75. The van der Waals surface area contributed by atoms with Crippen LogP contribution in [0.15, 0.2) is 30.3 Å². The molecular weight excluding hydrogens is 348 g/mol. The van der Waals surface area contributed by atoms with Crippen molar-refractivity contribution in [3.63, 3.8) is 0 Å². The number of aromatic nitrogens is 3. The van der Waals surface area contributed by atoms with Gasteiger partial charge in [-0.25, -0.2) is 0 Å². The zero-order valence-corrected chi connectivity index (χ0v) is 16.3. The summed E-state index contributed by atoms with van der Waals surface area (Å²) in [5, 5.41) is 3.69. The molecule has 2 aromatic rings. The Labute approximate surface area is 160 Å². The molecular formula is C19H27ClN6. The lowest BCUT2D eigenvalue weighted by Gasteiger charge is -2.32. The maximum absolute atomic E-state index is 6.10. The molecule has 3 rings (SSSR count). The minimum Gasteiger partial charge on any atom is -0.351 e. The van der Waals surface area contributed by atoms with Crippen molar-refractivity contribution in [1.82, 2.24) is 19.9 Å². The largest absolute Gasteiger partial charge is 0.351 e. The molecule has 26 heavy (non-hydrogen) atoms. The van der Waals surface area contributed by atoms with Crippen LogP contribution in [0.2, 0.25) is 5.28 Å². The van der Waals surface area contributed by atoms with Crippen LogP contribution in [-0.4, -0.2) is 52.1 Å². The van der Waals surface area contributed by atoms with Gasteiger partial charge in [0.2, 0.25) is 17.2 Å². The Hall–Kier alpha value is -1.92. The number of nitrogens with zero attached hydrogens (tertiary/aromatic N) is 5. The smallest absolute Gasteiger partial charge is 0.231 e. The molecule has 140 valence electrons. The first kappa shape index (κ1) is 18.9. The average molecular weight is 375 g/mol. The third kappa shape index (κ3) is 5.05. The number of piperidine rings is 1. The molecule has 1 saturated heterocycles. The van der Waals surface area contributed by atoms with Gasteiger partial charge in [-0.3, -0.25) is 4.90 Å². The fourth-order valence-electron chi connectivity index (χ4n) is 3.31. The molecule has 0 aliphatic carbocycles. The van der Waals surface area contributed by atoms with Crippen molar-refractivity contribution in [1.29, 1.82) is 0 Å². The van der Waals surface area contributed by atoms with E-state index in [1.165, 1.54) is 5.56 Å². The van der Waals surface area contributed by atoms with Gasteiger partial charge in [-0.15, -0.1) is 0 Å². The van der Waals surface area contributed by atoms with E-state index in [2.05, 4.69) is 74.2 Å². The maximum Gasteiger partial charge on any atom is 0.231 e. The van der Waals surface area contributed by atoms with Crippen LogP contribution in [0, 0.1) is 0 Å². The van der Waals surface area contributed by atoms with Gasteiger partial charge in [-0.1, -0.05) is 30.3 Å². The Morgan fingerprint density at radius 2 is 1.77 bits per heavy atom. The van der Waals surface area contributed by atoms with Gasteiger partial charge < -0.3 is 10.2 Å². The third-order valence-electron chi connectivity index (χ3n) is 4.81. The van der Waals surface area contributed by atoms with Gasteiger partial charge in [-0.05, 0) is 43.9 Å². The summed E-state index contributed by atoms with van der Waals surface area (Å²) in [4.78, 5) is 17.6. The Bertz CT molecular complexity index is 684. The van der Waals surface area contributed by atoms with Crippen molar-refractivity contribution in [3.8, 4) is 0 Å². The number of hydrogen-bond acceptors (Lipinski definition) is 6. The Balaban J connectivity index is 1.56. The molecule has 2 heterocycles. The molecule has 6 nitrogen and oxygen atoms in total. The molecule has 1 fully saturated rings. The van der Waals surface area contributed by atoms with E-state index in [9.17, 15) is 0 Å². The normalized spacial score (nSPS) is 15.8. The molecule has 0 spiro atoms. The molecule has 0 bridgehead atoms. The van der Waals surface area contributed by atoms with E-state index in [-0.39, 0.29) is 5.28 Å². The van der Waals surface area contributed by atoms with Crippen molar-refractivity contribution < 1.29 is 0 Å². The van der Waals surface area contributed by atoms with Crippen LogP contribution in [0.25, 0.3) is 0 Å². The quantitative estimate of drug-likeness (QED) is 0.801. The topological polar surface area (TPSA) is 57.2 Å². The highest BCUT2D eigenvalue weighted by atomic mass is 35.5. The molecule has 0 saturated carbocycles. The van der Waals surface area contributed by atoms with Gasteiger partial charge >= 0.3 is 0 Å². The fraction of sp³-hybridized carbons (Fsp3) is 0.526. The maximum atomic E-state index is 6.10. The summed E-state index contributed by atoms with van der Waals surface area (Å²) in [5.74, 6) is 1.22. The van der Waals surface area contributed by atoms with Crippen molar-refractivity contribution in [2.75, 3.05) is 36.4 Å². The minimum absolute atomic E-state index is 0.242. The van der Waals surface area contributed by atoms with Crippen LogP contribution in [-0.2, 0) is 6.54 Å². The number of likely N-dealkylation sites (tertiary alicyclic amines) is 1. The lowest BCUT2D eigenvalue weighted by atomic mass is 10.0. The van der Waals surface area contributed by atoms with E-state index in [1.807, 2.05) is 0 Å². The Kier molecular flexibility index (Phi) is 6.63. The van der Waals surface area contributed by atoms with Crippen LogP contribution in [0.3, 0.4) is 0 Å². The van der Waals surface area contributed by atoms with E-state index in [4.69, 9.17) is 11.6 Å². The number of benzene rings is 1. The van der Waals surface area contributed by atoms with E-state index in [0.29, 0.717) is 17.9 Å². The third-order valence-corrected chi connectivity index (χ3v) is 4.98. The van der Waals surface area contributed by atoms with Crippen LogP contribution in [0.5, 0.6) is 0 Å². The first-order chi connectivity index (χ1) is 12.7. The molecule has 1 aliphatic rings. The van der Waals surface area contributed by atoms with E-state index < -0.39 is 0 Å². The summed E-state index contributed by atoms with van der Waals surface area (Å²) in [6, 6.07) is 11.0. The van der Waals surface area contributed by atoms with Gasteiger partial charge in [0.15, 0.2) is 0 Å². The standard InChI is InChI=1S/C19H27ClN6/c1-3-26(4-2)19-23-17(20)22-18(24-19)21-16-10-12-25(13-11-16)14-15-8-6-5-7-9-15/h5-9,16H,3-4,10-14H2,1-2H3,(H,21,22,23,24). The van der Waals surface area contributed by atoms with Crippen molar-refractivity contribution in [2.45, 2.75) is 39.3 Å². The second kappa shape index (κ2) is 9.14. The molecule has 0 unspecified atom stereocenters. The average Bonchev–Trinajstić information content (AvgIpc) is 2.65. The number of nitrogens with one attached hydrogen (secondary N) is 1. The van der Waals surface area contributed by atoms with Crippen LogP contribution < -0.4 is 10.2 Å². The van der Waals surface area contributed by atoms with Crippen molar-refractivity contribution >= 4 is 23.5 Å². The summed E-state index contributed by atoms with van der Waals surface area (Å²) in [5.41, 5.74) is 1.37. The van der Waals surface area contributed by atoms with Crippen molar-refractivity contribution in [3.05, 3.63) is 41.2 Å². The molecule has 1 aromatic heterocycles. The molecule has 7 heteroatoms. The lowest BCUT2D eigenvalue weighted by Crippen LogP contribution is -2.39. The van der Waals surface area contributed by atoms with Crippen LogP contribution in [0.1, 0.15) is 32.3 Å². The second-order valence-electron chi connectivity index (χ2n) is 6.58. The highest BCUT2D eigenvalue weighted by Crippen LogP contribution is 2.19. The first-order valence-electron chi connectivity index (χ1n) is 9.37. The monoisotopic (exact) mass is 374 g/mol. The Morgan fingerprint density at radius 1 is 1.08 bits per heavy atom. The van der Waals surface area contributed by atoms with Gasteiger partial charge in [0.1, 0.15) is 0 Å². The van der Waals surface area contributed by atoms with E-state index in [1.54, 1.807) is 0 Å². The second-order valence-corrected chi connectivity index (χ2v) is 6.92. The zero-order valence-electron chi connectivity index (χ0n) is 15.5. The molecule has 0 radical (unpaired) electrons. The van der Waals surface area contributed by atoms with Gasteiger partial charge in [-0.2, -0.15) is 15.0 Å². The molecule has 0 amide bonds. The fourth-order valence-corrected chi connectivity index (χ4v) is 3.47. The van der Waals surface area contributed by atoms with Gasteiger partial charge in [0, 0.05) is 38.8 Å². The molecule has 1 aromatic carbocycles. The zero-order chi connectivity index (χ0) is 18.4. The Morgan fingerprint density at radius 3 is 2.42 bits per heavy atom. The highest BCUT2D eigenvalue weighted by molar-refractivity contribution is 6.28. The summed E-state index contributed by atoms with van der Waals surface area (Å²) in [7, 11) is 0. The highest BCUT2D eigenvalue weighted by Gasteiger charge is 2.20. The molecule has 1 N–H and O–H groups in total. The predicted molar refractivity (Wildman–Crippen MR) is 107 cm³/mol. The van der Waals surface area contributed by atoms with Crippen LogP contribution in [0.4, 0.5) is 11.9 Å². The number of rotatable bonds is 7. The lowest BCUT2D eigenvalue weighted by molar-refractivity contribution is 0.211. The number of anilines is 2. The van der Waals surface area contributed by atoms with Crippen molar-refractivity contribution in [2.24, 2.45) is 0 Å². The van der Waals surface area contributed by atoms with Gasteiger partial charge in [0.05, 0.1) is 0 Å². The summed E-state index contributed by atoms with van der Waals surface area (Å²) >= 11 is 6.10. The van der Waals surface area contributed by atoms with Gasteiger partial charge in [0.25, 0.3) is 0 Å². The van der Waals surface area contributed by atoms with Crippen LogP contribution >= 0.6 is 11.6 Å². The predicted octanol–water partition coefficient (Wildman–Crippen LogP) is 3.45. The summed E-state index contributed by atoms with van der Waals surface area (Å²) in [6.07, 6.45) is 2.13. The van der Waals surface area contributed by atoms with E-state index >= 15 is 0 Å². The summed E-state index contributed by atoms with van der Waals surface area (Å²) < 4.78 is 0. The molecule has 1 aliphatic heterocycles. The molecule has 0 atom stereocenters. The summed E-state index contributed by atoms with van der Waals surface area (Å²) in [6.45, 7) is 8.98.